The van der Waals surface area contributed by atoms with Gasteiger partial charge in [-0.3, -0.25) is 9.10 Å². The SMILES string of the molecule is CS(=O)(=O)N1CCc2cc(C(=O)Nc3ccc(S(=O)(=O)C4CCCC4)cc3)ccc21. The zero-order valence-corrected chi connectivity index (χ0v) is 18.3. The molecule has 0 radical (unpaired) electrons. The predicted octanol–water partition coefficient (Wildman–Crippen LogP) is 2.98. The minimum Gasteiger partial charge on any atom is -0.322 e. The quantitative estimate of drug-likeness (QED) is 0.758. The van der Waals surface area contributed by atoms with Crippen molar-refractivity contribution in [1.29, 1.82) is 0 Å². The summed E-state index contributed by atoms with van der Waals surface area (Å²) >= 11 is 0. The number of benzene rings is 2. The fourth-order valence-corrected chi connectivity index (χ4v) is 6.99. The van der Waals surface area contributed by atoms with Crippen molar-refractivity contribution in [2.45, 2.75) is 42.2 Å². The van der Waals surface area contributed by atoms with Gasteiger partial charge in [-0.2, -0.15) is 0 Å². The highest BCUT2D eigenvalue weighted by Gasteiger charge is 2.30. The monoisotopic (exact) mass is 448 g/mol. The minimum absolute atomic E-state index is 0.283. The largest absolute Gasteiger partial charge is 0.322 e. The van der Waals surface area contributed by atoms with Crippen LogP contribution in [0.4, 0.5) is 11.4 Å². The number of nitrogens with one attached hydrogen (secondary N) is 1. The highest BCUT2D eigenvalue weighted by molar-refractivity contribution is 7.92. The number of hydrogen-bond donors (Lipinski definition) is 1. The lowest BCUT2D eigenvalue weighted by Gasteiger charge is -2.16. The maximum atomic E-state index is 12.7. The molecule has 160 valence electrons. The maximum Gasteiger partial charge on any atom is 0.255 e. The molecule has 2 aromatic rings. The van der Waals surface area contributed by atoms with E-state index >= 15 is 0 Å². The maximum absolute atomic E-state index is 12.7. The van der Waals surface area contributed by atoms with Gasteiger partial charge < -0.3 is 5.32 Å². The van der Waals surface area contributed by atoms with E-state index in [0.29, 0.717) is 42.7 Å². The molecule has 1 N–H and O–H groups in total. The normalized spacial score (nSPS) is 17.2. The summed E-state index contributed by atoms with van der Waals surface area (Å²) in [4.78, 5) is 12.9. The fourth-order valence-electron chi connectivity index (χ4n) is 4.18. The number of rotatable bonds is 5. The molecule has 1 fully saturated rings. The van der Waals surface area contributed by atoms with Crippen LogP contribution in [-0.4, -0.2) is 40.8 Å². The molecule has 1 aliphatic carbocycles. The molecule has 4 rings (SSSR count). The first-order valence-electron chi connectivity index (χ1n) is 9.92. The van der Waals surface area contributed by atoms with Crippen LogP contribution in [0.15, 0.2) is 47.4 Å². The van der Waals surface area contributed by atoms with E-state index in [0.717, 1.165) is 18.4 Å². The molecule has 1 saturated carbocycles. The van der Waals surface area contributed by atoms with Crippen molar-refractivity contribution in [3.63, 3.8) is 0 Å². The summed E-state index contributed by atoms with van der Waals surface area (Å²) in [7, 11) is -6.66. The fraction of sp³-hybridized carbons (Fsp3) is 0.381. The Bertz CT molecular complexity index is 1180. The first kappa shape index (κ1) is 20.9. The van der Waals surface area contributed by atoms with Gasteiger partial charge in [0.15, 0.2) is 9.84 Å². The van der Waals surface area contributed by atoms with E-state index in [1.54, 1.807) is 30.3 Å². The van der Waals surface area contributed by atoms with E-state index in [-0.39, 0.29) is 16.1 Å². The zero-order chi connectivity index (χ0) is 21.5. The lowest BCUT2D eigenvalue weighted by atomic mass is 10.1. The molecule has 0 bridgehead atoms. The number of carbonyl (C=O) groups excluding carboxylic acids is 1. The number of nitrogens with zero attached hydrogens (tertiary/aromatic N) is 1. The Hall–Kier alpha value is -2.39. The van der Waals surface area contributed by atoms with Crippen LogP contribution in [0.3, 0.4) is 0 Å². The third-order valence-electron chi connectivity index (χ3n) is 5.78. The second-order valence-electron chi connectivity index (χ2n) is 7.86. The van der Waals surface area contributed by atoms with E-state index in [1.165, 1.54) is 22.7 Å². The number of amides is 1. The van der Waals surface area contributed by atoms with Crippen LogP contribution >= 0.6 is 0 Å². The van der Waals surface area contributed by atoms with E-state index in [9.17, 15) is 21.6 Å². The van der Waals surface area contributed by atoms with Gasteiger partial charge in [-0.15, -0.1) is 0 Å². The highest BCUT2D eigenvalue weighted by atomic mass is 32.2. The second kappa shape index (κ2) is 7.70. The number of hydrogen-bond acceptors (Lipinski definition) is 5. The summed E-state index contributed by atoms with van der Waals surface area (Å²) in [6.07, 6.45) is 5.02. The molecule has 0 saturated heterocycles. The van der Waals surface area contributed by atoms with Crippen LogP contribution in [0, 0.1) is 0 Å². The number of sulfone groups is 1. The van der Waals surface area contributed by atoms with Gasteiger partial charge >= 0.3 is 0 Å². The van der Waals surface area contributed by atoms with Gasteiger partial charge in [-0.05, 0) is 67.3 Å². The zero-order valence-electron chi connectivity index (χ0n) is 16.7. The Morgan fingerprint density at radius 1 is 1.00 bits per heavy atom. The molecule has 7 nitrogen and oxygen atoms in total. The van der Waals surface area contributed by atoms with Gasteiger partial charge in [-0.1, -0.05) is 12.8 Å². The van der Waals surface area contributed by atoms with Crippen molar-refractivity contribution < 1.29 is 21.6 Å². The van der Waals surface area contributed by atoms with E-state index in [2.05, 4.69) is 5.32 Å². The van der Waals surface area contributed by atoms with Gasteiger partial charge in [0.05, 0.1) is 22.1 Å². The molecule has 1 amide bonds. The third kappa shape index (κ3) is 3.96. The molecule has 0 aromatic heterocycles. The summed E-state index contributed by atoms with van der Waals surface area (Å²) in [6, 6.07) is 11.2. The molecular formula is C21H24N2O5S2. The number of fused-ring (bicyclic) bond motifs is 1. The van der Waals surface area contributed by atoms with Crippen LogP contribution in [0.2, 0.25) is 0 Å². The van der Waals surface area contributed by atoms with Crippen LogP contribution in [0.25, 0.3) is 0 Å². The first-order valence-corrected chi connectivity index (χ1v) is 13.3. The summed E-state index contributed by atoms with van der Waals surface area (Å²) in [6.45, 7) is 0.371. The first-order chi connectivity index (χ1) is 14.2. The van der Waals surface area contributed by atoms with Crippen molar-refractivity contribution in [3.8, 4) is 0 Å². The van der Waals surface area contributed by atoms with Crippen molar-refractivity contribution in [3.05, 3.63) is 53.6 Å². The summed E-state index contributed by atoms with van der Waals surface area (Å²) in [5, 5.41) is 2.46. The van der Waals surface area contributed by atoms with Gasteiger partial charge in [0.2, 0.25) is 10.0 Å². The smallest absolute Gasteiger partial charge is 0.255 e. The van der Waals surface area contributed by atoms with Gasteiger partial charge in [-0.25, -0.2) is 16.8 Å². The van der Waals surface area contributed by atoms with Crippen molar-refractivity contribution in [1.82, 2.24) is 0 Å². The Morgan fingerprint density at radius 2 is 1.67 bits per heavy atom. The molecule has 30 heavy (non-hydrogen) atoms. The van der Waals surface area contributed by atoms with Crippen LogP contribution in [0.1, 0.15) is 41.6 Å². The number of carbonyl (C=O) groups is 1. The molecule has 2 aliphatic rings. The minimum atomic E-state index is -3.34. The lowest BCUT2D eigenvalue weighted by Crippen LogP contribution is -2.27. The van der Waals surface area contributed by atoms with Crippen molar-refractivity contribution >= 4 is 37.1 Å². The van der Waals surface area contributed by atoms with E-state index in [4.69, 9.17) is 0 Å². The standard InChI is InChI=1S/C21H24N2O5S2/c1-29(25,26)23-13-12-15-14-16(6-11-20(15)23)21(24)22-17-7-9-19(10-8-17)30(27,28)18-4-2-3-5-18/h6-11,14,18H,2-5,12-13H2,1H3,(H,22,24). The Kier molecular flexibility index (Phi) is 5.36. The number of sulfonamides is 1. The predicted molar refractivity (Wildman–Crippen MR) is 116 cm³/mol. The second-order valence-corrected chi connectivity index (χ2v) is 12.0. The van der Waals surface area contributed by atoms with Crippen LogP contribution < -0.4 is 9.62 Å². The van der Waals surface area contributed by atoms with Crippen LogP contribution in [-0.2, 0) is 26.3 Å². The van der Waals surface area contributed by atoms with Gasteiger partial charge in [0.1, 0.15) is 0 Å². The lowest BCUT2D eigenvalue weighted by molar-refractivity contribution is 0.102. The average Bonchev–Trinajstić information content (AvgIpc) is 3.37. The summed E-state index contributed by atoms with van der Waals surface area (Å²) < 4.78 is 50.3. The number of anilines is 2. The Labute approximate surface area is 177 Å². The molecular weight excluding hydrogens is 424 g/mol. The summed E-state index contributed by atoms with van der Waals surface area (Å²) in [5.74, 6) is -0.331. The van der Waals surface area contributed by atoms with Gasteiger partial charge in [0.25, 0.3) is 5.91 Å². The van der Waals surface area contributed by atoms with Crippen molar-refractivity contribution in [2.24, 2.45) is 0 Å². The highest BCUT2D eigenvalue weighted by Crippen LogP contribution is 2.32. The summed E-state index contributed by atoms with van der Waals surface area (Å²) in [5.41, 5.74) is 2.34. The molecule has 0 spiro atoms. The molecule has 9 heteroatoms. The van der Waals surface area contributed by atoms with Crippen LogP contribution in [0.5, 0.6) is 0 Å². The Balaban J connectivity index is 1.48. The van der Waals surface area contributed by atoms with E-state index in [1.807, 2.05) is 0 Å². The molecule has 0 unspecified atom stereocenters. The molecule has 0 atom stereocenters. The molecule has 1 heterocycles. The van der Waals surface area contributed by atoms with Crippen molar-refractivity contribution in [2.75, 3.05) is 22.4 Å². The van der Waals surface area contributed by atoms with Gasteiger partial charge in [0, 0.05) is 17.8 Å². The third-order valence-corrected chi connectivity index (χ3v) is 9.23. The molecule has 2 aromatic carbocycles. The Morgan fingerprint density at radius 3 is 2.30 bits per heavy atom. The topological polar surface area (TPSA) is 101 Å². The average molecular weight is 449 g/mol. The van der Waals surface area contributed by atoms with E-state index < -0.39 is 19.9 Å². The molecule has 1 aliphatic heterocycles.